The van der Waals surface area contributed by atoms with Gasteiger partial charge in [-0.2, -0.15) is 0 Å². The molecule has 0 radical (unpaired) electrons. The molecule has 1 aromatic rings. The molecule has 120 valence electrons. The maximum atomic E-state index is 12.9. The number of rotatable bonds is 4. The van der Waals surface area contributed by atoms with Crippen molar-refractivity contribution in [1.29, 1.82) is 0 Å². The van der Waals surface area contributed by atoms with E-state index in [9.17, 15) is 4.79 Å². The summed E-state index contributed by atoms with van der Waals surface area (Å²) < 4.78 is 0. The molecule has 0 saturated heterocycles. The van der Waals surface area contributed by atoms with Gasteiger partial charge in [0.2, 0.25) is 5.91 Å². The third-order valence-electron chi connectivity index (χ3n) is 4.36. The SMILES string of the molecule is CCN(CC)C(=O)[C@@H]1C(c2c(C)cc(C)cc2C)=NO[C@H]1C. The van der Waals surface area contributed by atoms with E-state index in [1.165, 1.54) is 5.56 Å². The Hall–Kier alpha value is -1.84. The maximum absolute atomic E-state index is 12.9. The van der Waals surface area contributed by atoms with E-state index in [1.807, 2.05) is 25.7 Å². The van der Waals surface area contributed by atoms with Gasteiger partial charge >= 0.3 is 0 Å². The number of hydrogen-bond acceptors (Lipinski definition) is 3. The average Bonchev–Trinajstić information content (AvgIpc) is 2.80. The predicted molar refractivity (Wildman–Crippen MR) is 89.2 cm³/mol. The molecule has 2 rings (SSSR count). The van der Waals surface area contributed by atoms with Crippen LogP contribution in [-0.4, -0.2) is 35.7 Å². The third kappa shape index (κ3) is 2.87. The van der Waals surface area contributed by atoms with Gasteiger partial charge in [0, 0.05) is 18.7 Å². The summed E-state index contributed by atoms with van der Waals surface area (Å²) in [5, 5.41) is 4.26. The lowest BCUT2D eigenvalue weighted by molar-refractivity contribution is -0.135. The molecule has 0 aromatic heterocycles. The number of amides is 1. The smallest absolute Gasteiger partial charge is 0.235 e. The van der Waals surface area contributed by atoms with Crippen molar-refractivity contribution < 1.29 is 9.63 Å². The molecule has 1 amide bonds. The Bertz CT molecular complexity index is 580. The predicted octanol–water partition coefficient (Wildman–Crippen LogP) is 3.22. The Morgan fingerprint density at radius 2 is 1.73 bits per heavy atom. The average molecular weight is 302 g/mol. The topological polar surface area (TPSA) is 41.9 Å². The molecule has 1 heterocycles. The number of nitrogens with zero attached hydrogens (tertiary/aromatic N) is 2. The minimum Gasteiger partial charge on any atom is -0.391 e. The first-order valence-electron chi connectivity index (χ1n) is 8.01. The molecule has 0 unspecified atom stereocenters. The number of hydrogen-bond donors (Lipinski definition) is 0. The van der Waals surface area contributed by atoms with Crippen LogP contribution in [0.1, 0.15) is 43.0 Å². The van der Waals surface area contributed by atoms with Crippen LogP contribution >= 0.6 is 0 Å². The molecule has 22 heavy (non-hydrogen) atoms. The molecule has 0 N–H and O–H groups in total. The zero-order valence-corrected chi connectivity index (χ0v) is 14.4. The van der Waals surface area contributed by atoms with Crippen molar-refractivity contribution in [3.05, 3.63) is 34.4 Å². The Balaban J connectivity index is 2.44. The second kappa shape index (κ2) is 6.51. The number of benzene rings is 1. The van der Waals surface area contributed by atoms with Gasteiger partial charge in [-0.1, -0.05) is 22.9 Å². The molecule has 0 fully saturated rings. The number of aryl methyl sites for hydroxylation is 3. The molecule has 4 heteroatoms. The van der Waals surface area contributed by atoms with Crippen molar-refractivity contribution in [3.63, 3.8) is 0 Å². The van der Waals surface area contributed by atoms with E-state index in [1.54, 1.807) is 0 Å². The van der Waals surface area contributed by atoms with Crippen molar-refractivity contribution in [2.45, 2.75) is 47.6 Å². The lowest BCUT2D eigenvalue weighted by atomic mass is 9.86. The Morgan fingerprint density at radius 1 is 1.18 bits per heavy atom. The van der Waals surface area contributed by atoms with Crippen LogP contribution in [0.4, 0.5) is 0 Å². The van der Waals surface area contributed by atoms with Crippen LogP contribution in [0, 0.1) is 26.7 Å². The van der Waals surface area contributed by atoms with Crippen molar-refractivity contribution in [3.8, 4) is 0 Å². The van der Waals surface area contributed by atoms with Crippen LogP contribution in [0.5, 0.6) is 0 Å². The largest absolute Gasteiger partial charge is 0.391 e. The molecule has 2 atom stereocenters. The maximum Gasteiger partial charge on any atom is 0.235 e. The minimum absolute atomic E-state index is 0.105. The molecule has 1 aromatic carbocycles. The van der Waals surface area contributed by atoms with E-state index >= 15 is 0 Å². The fourth-order valence-corrected chi connectivity index (χ4v) is 3.31. The quantitative estimate of drug-likeness (QED) is 0.857. The number of carbonyl (C=O) groups excluding carboxylic acids is 1. The fourth-order valence-electron chi connectivity index (χ4n) is 3.31. The monoisotopic (exact) mass is 302 g/mol. The van der Waals surface area contributed by atoms with Gasteiger partial charge < -0.3 is 9.74 Å². The van der Waals surface area contributed by atoms with Gasteiger partial charge in [0.1, 0.15) is 17.7 Å². The first-order valence-corrected chi connectivity index (χ1v) is 8.01. The molecule has 4 nitrogen and oxygen atoms in total. The molecule has 0 saturated carbocycles. The number of oxime groups is 1. The van der Waals surface area contributed by atoms with Crippen LogP contribution in [-0.2, 0) is 9.63 Å². The summed E-state index contributed by atoms with van der Waals surface area (Å²) in [6.45, 7) is 13.6. The highest BCUT2D eigenvalue weighted by Gasteiger charge is 2.40. The standard InChI is InChI=1S/C18H26N2O2/c1-7-20(8-2)18(21)16-14(6)22-19-17(16)15-12(4)9-11(3)10-13(15)5/h9-10,14,16H,7-8H2,1-6H3/t14-,16-/m0/s1. The second-order valence-corrected chi connectivity index (χ2v) is 6.05. The molecule has 1 aliphatic heterocycles. The van der Waals surface area contributed by atoms with Gasteiger partial charge in [0.25, 0.3) is 0 Å². The Kier molecular flexibility index (Phi) is 4.89. The first-order chi connectivity index (χ1) is 10.4. The van der Waals surface area contributed by atoms with Crippen molar-refractivity contribution in [2.24, 2.45) is 11.1 Å². The molecule has 0 spiro atoms. The lowest BCUT2D eigenvalue weighted by Crippen LogP contribution is -2.42. The van der Waals surface area contributed by atoms with E-state index < -0.39 is 0 Å². The van der Waals surface area contributed by atoms with Gasteiger partial charge in [0.15, 0.2) is 0 Å². The van der Waals surface area contributed by atoms with E-state index in [0.29, 0.717) is 13.1 Å². The fraction of sp³-hybridized carbons (Fsp3) is 0.556. The summed E-state index contributed by atoms with van der Waals surface area (Å²) in [4.78, 5) is 20.2. The van der Waals surface area contributed by atoms with Crippen LogP contribution < -0.4 is 0 Å². The van der Waals surface area contributed by atoms with Crippen LogP contribution in [0.2, 0.25) is 0 Å². The molecular formula is C18H26N2O2. The third-order valence-corrected chi connectivity index (χ3v) is 4.36. The van der Waals surface area contributed by atoms with Gasteiger partial charge in [-0.25, -0.2) is 0 Å². The molecule has 0 bridgehead atoms. The summed E-state index contributed by atoms with van der Waals surface area (Å²) in [6, 6.07) is 4.26. The summed E-state index contributed by atoms with van der Waals surface area (Å²) >= 11 is 0. The van der Waals surface area contributed by atoms with E-state index in [-0.39, 0.29) is 17.9 Å². The van der Waals surface area contributed by atoms with Crippen molar-refractivity contribution in [1.82, 2.24) is 4.90 Å². The number of carbonyl (C=O) groups is 1. The highest BCUT2D eigenvalue weighted by molar-refractivity contribution is 6.15. The summed E-state index contributed by atoms with van der Waals surface area (Å²) in [6.07, 6.45) is -0.219. The first kappa shape index (κ1) is 16.5. The Labute approximate surface area is 133 Å². The summed E-state index contributed by atoms with van der Waals surface area (Å²) in [5.41, 5.74) is 5.34. The van der Waals surface area contributed by atoms with E-state index in [0.717, 1.165) is 22.4 Å². The van der Waals surface area contributed by atoms with E-state index in [2.05, 4.69) is 38.1 Å². The zero-order chi connectivity index (χ0) is 16.4. The lowest BCUT2D eigenvalue weighted by Gasteiger charge is -2.25. The zero-order valence-electron chi connectivity index (χ0n) is 14.4. The second-order valence-electron chi connectivity index (χ2n) is 6.05. The van der Waals surface area contributed by atoms with Crippen LogP contribution in [0.3, 0.4) is 0 Å². The summed E-state index contributed by atoms with van der Waals surface area (Å²) in [5.74, 6) is -0.215. The molecule has 0 aliphatic carbocycles. The van der Waals surface area contributed by atoms with Gasteiger partial charge in [-0.05, 0) is 52.7 Å². The molecular weight excluding hydrogens is 276 g/mol. The highest BCUT2D eigenvalue weighted by Crippen LogP contribution is 2.29. The van der Waals surface area contributed by atoms with Crippen molar-refractivity contribution in [2.75, 3.05) is 13.1 Å². The van der Waals surface area contributed by atoms with E-state index in [4.69, 9.17) is 4.84 Å². The summed E-state index contributed by atoms with van der Waals surface area (Å²) in [7, 11) is 0. The van der Waals surface area contributed by atoms with Gasteiger partial charge in [-0.15, -0.1) is 0 Å². The van der Waals surface area contributed by atoms with Gasteiger partial charge in [-0.3, -0.25) is 4.79 Å². The van der Waals surface area contributed by atoms with Crippen molar-refractivity contribution >= 4 is 11.6 Å². The normalized spacial score (nSPS) is 20.5. The van der Waals surface area contributed by atoms with Gasteiger partial charge in [0.05, 0.1) is 0 Å². The highest BCUT2D eigenvalue weighted by atomic mass is 16.6. The van der Waals surface area contributed by atoms with Crippen LogP contribution in [0.15, 0.2) is 17.3 Å². The van der Waals surface area contributed by atoms with Crippen LogP contribution in [0.25, 0.3) is 0 Å². The molecule has 1 aliphatic rings. The Morgan fingerprint density at radius 3 is 2.23 bits per heavy atom. The minimum atomic E-state index is -0.319.